The van der Waals surface area contributed by atoms with Crippen LogP contribution in [0, 0.1) is 0 Å². The summed E-state index contributed by atoms with van der Waals surface area (Å²) < 4.78 is 17.9. The normalized spacial score (nSPS) is 12.2. The van der Waals surface area contributed by atoms with Crippen LogP contribution in [0.15, 0.2) is 54.6 Å². The van der Waals surface area contributed by atoms with Crippen LogP contribution in [-0.2, 0) is 17.6 Å². The largest absolute Gasteiger partial charge is 0.493 e. The van der Waals surface area contributed by atoms with Gasteiger partial charge in [-0.25, -0.2) is 4.79 Å². The van der Waals surface area contributed by atoms with E-state index < -0.39 is 11.9 Å². The molecule has 0 bridgehead atoms. The van der Waals surface area contributed by atoms with Gasteiger partial charge in [0.1, 0.15) is 17.2 Å². The molecule has 0 atom stereocenters. The SMILES string of the molecule is CCCc1c(OCCCCCCCOc2ccc(C(=O)c3cccc(C(=O)O)c3)cc2CCC(=O)O)ccc2c1OCCC2=O. The molecule has 3 aromatic rings. The summed E-state index contributed by atoms with van der Waals surface area (Å²) in [6, 6.07) is 14.4. The number of aromatic carboxylic acids is 1. The van der Waals surface area contributed by atoms with E-state index in [1.54, 1.807) is 24.3 Å². The molecule has 45 heavy (non-hydrogen) atoms. The summed E-state index contributed by atoms with van der Waals surface area (Å²) >= 11 is 0. The second kappa shape index (κ2) is 16.4. The van der Waals surface area contributed by atoms with Gasteiger partial charge in [-0.05, 0) is 73.7 Å². The van der Waals surface area contributed by atoms with E-state index in [-0.39, 0.29) is 35.5 Å². The maximum Gasteiger partial charge on any atom is 0.335 e. The second-order valence-electron chi connectivity index (χ2n) is 11.1. The van der Waals surface area contributed by atoms with Crippen LogP contribution in [-0.4, -0.2) is 53.5 Å². The molecule has 0 radical (unpaired) electrons. The number of aryl methyl sites for hydroxylation is 1. The second-order valence-corrected chi connectivity index (χ2v) is 11.1. The number of aliphatic carboxylic acids is 1. The van der Waals surface area contributed by atoms with E-state index in [1.165, 1.54) is 18.2 Å². The Kier molecular flexibility index (Phi) is 12.1. The summed E-state index contributed by atoms with van der Waals surface area (Å²) in [5, 5.41) is 18.5. The van der Waals surface area contributed by atoms with Crippen molar-refractivity contribution in [3.63, 3.8) is 0 Å². The molecule has 0 saturated carbocycles. The van der Waals surface area contributed by atoms with Gasteiger partial charge < -0.3 is 24.4 Å². The Morgan fingerprint density at radius 2 is 1.47 bits per heavy atom. The number of carbonyl (C=O) groups excluding carboxylic acids is 2. The average Bonchev–Trinajstić information content (AvgIpc) is 3.04. The van der Waals surface area contributed by atoms with Crippen molar-refractivity contribution < 1.29 is 43.6 Å². The molecule has 0 amide bonds. The van der Waals surface area contributed by atoms with Gasteiger partial charge in [-0.1, -0.05) is 44.7 Å². The van der Waals surface area contributed by atoms with Gasteiger partial charge in [0.15, 0.2) is 11.6 Å². The van der Waals surface area contributed by atoms with Crippen LogP contribution in [0.25, 0.3) is 0 Å². The van der Waals surface area contributed by atoms with Crippen molar-refractivity contribution in [3.05, 3.63) is 88.0 Å². The first-order valence-corrected chi connectivity index (χ1v) is 15.6. The van der Waals surface area contributed by atoms with E-state index in [0.29, 0.717) is 54.4 Å². The number of Topliss-reactive ketones (excluding diaryl/α,β-unsaturated/α-hetero) is 1. The molecule has 0 unspecified atom stereocenters. The Bertz CT molecular complexity index is 1520. The number of ketones is 2. The Balaban J connectivity index is 1.23. The summed E-state index contributed by atoms with van der Waals surface area (Å²) in [5.41, 5.74) is 2.85. The van der Waals surface area contributed by atoms with Gasteiger partial charge in [0.2, 0.25) is 0 Å². The highest BCUT2D eigenvalue weighted by molar-refractivity contribution is 6.10. The predicted octanol–water partition coefficient (Wildman–Crippen LogP) is 6.96. The van der Waals surface area contributed by atoms with Crippen LogP contribution in [0.1, 0.15) is 106 Å². The summed E-state index contributed by atoms with van der Waals surface area (Å²) in [6.07, 6.45) is 6.90. The Morgan fingerprint density at radius 1 is 0.800 bits per heavy atom. The zero-order valence-corrected chi connectivity index (χ0v) is 25.6. The summed E-state index contributed by atoms with van der Waals surface area (Å²) in [4.78, 5) is 47.8. The van der Waals surface area contributed by atoms with E-state index in [4.69, 9.17) is 14.2 Å². The van der Waals surface area contributed by atoms with Crippen LogP contribution in [0.2, 0.25) is 0 Å². The monoisotopic (exact) mass is 616 g/mol. The summed E-state index contributed by atoms with van der Waals surface area (Å²) in [7, 11) is 0. The van der Waals surface area contributed by atoms with E-state index in [2.05, 4.69) is 6.92 Å². The van der Waals surface area contributed by atoms with Gasteiger partial charge in [0, 0.05) is 29.5 Å². The van der Waals surface area contributed by atoms with E-state index in [1.807, 2.05) is 12.1 Å². The van der Waals surface area contributed by atoms with Crippen molar-refractivity contribution in [1.29, 1.82) is 0 Å². The quantitative estimate of drug-likeness (QED) is 0.115. The molecule has 1 aliphatic heterocycles. The molecule has 2 N–H and O–H groups in total. The van der Waals surface area contributed by atoms with Crippen LogP contribution in [0.3, 0.4) is 0 Å². The van der Waals surface area contributed by atoms with Crippen LogP contribution < -0.4 is 14.2 Å². The number of fused-ring (bicyclic) bond motifs is 1. The highest BCUT2D eigenvalue weighted by Crippen LogP contribution is 2.36. The van der Waals surface area contributed by atoms with Crippen molar-refractivity contribution in [2.24, 2.45) is 0 Å². The molecule has 4 rings (SSSR count). The molecule has 0 spiro atoms. The molecule has 0 aliphatic carbocycles. The lowest BCUT2D eigenvalue weighted by Crippen LogP contribution is -2.17. The van der Waals surface area contributed by atoms with Crippen molar-refractivity contribution in [3.8, 4) is 17.2 Å². The Morgan fingerprint density at radius 3 is 2.18 bits per heavy atom. The number of carboxylic acids is 2. The van der Waals surface area contributed by atoms with E-state index in [9.17, 15) is 29.4 Å². The van der Waals surface area contributed by atoms with Crippen molar-refractivity contribution in [2.45, 2.75) is 71.1 Å². The zero-order chi connectivity index (χ0) is 32.2. The number of benzene rings is 3. The topological polar surface area (TPSA) is 136 Å². The smallest absolute Gasteiger partial charge is 0.335 e. The standard InChI is InChI=1S/C36H40O9/c1-2-9-29-32(16-14-28-30(37)18-21-45-35(28)29)44-20-7-5-3-4-6-19-43-31-15-12-26(22-24(31)13-17-33(38)39)34(40)25-10-8-11-27(23-25)36(41)42/h8,10-12,14-16,22-23H,2-7,9,13,17-21H2,1H3,(H,38,39)(H,41,42). The number of hydrogen-bond donors (Lipinski definition) is 2. The lowest BCUT2D eigenvalue weighted by atomic mass is 9.98. The van der Waals surface area contributed by atoms with Crippen molar-refractivity contribution >= 4 is 23.5 Å². The summed E-state index contributed by atoms with van der Waals surface area (Å²) in [5.74, 6) is -0.283. The van der Waals surface area contributed by atoms with E-state index >= 15 is 0 Å². The number of unbranched alkanes of at least 4 members (excludes halogenated alkanes) is 4. The maximum atomic E-state index is 13.0. The third-order valence-electron chi connectivity index (χ3n) is 7.70. The first kappa shape index (κ1) is 33.2. The molecule has 0 aromatic heterocycles. The molecule has 0 fully saturated rings. The predicted molar refractivity (Wildman–Crippen MR) is 168 cm³/mol. The third kappa shape index (κ3) is 9.17. The minimum Gasteiger partial charge on any atom is -0.493 e. The average molecular weight is 617 g/mol. The fourth-order valence-electron chi connectivity index (χ4n) is 5.35. The maximum absolute atomic E-state index is 13.0. The van der Waals surface area contributed by atoms with Gasteiger partial charge in [-0.3, -0.25) is 14.4 Å². The van der Waals surface area contributed by atoms with Crippen LogP contribution in [0.5, 0.6) is 17.2 Å². The van der Waals surface area contributed by atoms with Gasteiger partial charge in [-0.15, -0.1) is 0 Å². The Labute approximate surface area is 263 Å². The highest BCUT2D eigenvalue weighted by Gasteiger charge is 2.24. The number of rotatable bonds is 18. The molecular weight excluding hydrogens is 576 g/mol. The fraction of sp³-hybridized carbons (Fsp3) is 0.389. The molecule has 3 aromatic carbocycles. The molecular formula is C36H40O9. The van der Waals surface area contributed by atoms with Gasteiger partial charge in [-0.2, -0.15) is 0 Å². The summed E-state index contributed by atoms with van der Waals surface area (Å²) in [6.45, 7) is 3.54. The minimum atomic E-state index is -1.12. The Hall–Kier alpha value is -4.66. The third-order valence-corrected chi connectivity index (χ3v) is 7.70. The number of ether oxygens (including phenoxy) is 3. The van der Waals surface area contributed by atoms with E-state index in [0.717, 1.165) is 56.3 Å². The number of carboxylic acid groups (broad SMARTS) is 2. The van der Waals surface area contributed by atoms with Crippen molar-refractivity contribution in [1.82, 2.24) is 0 Å². The highest BCUT2D eigenvalue weighted by atomic mass is 16.5. The lowest BCUT2D eigenvalue weighted by Gasteiger charge is -2.22. The molecule has 0 saturated heterocycles. The van der Waals surface area contributed by atoms with Crippen molar-refractivity contribution in [2.75, 3.05) is 19.8 Å². The number of carbonyl (C=O) groups is 4. The first-order chi connectivity index (χ1) is 21.8. The molecule has 238 valence electrons. The fourth-order valence-corrected chi connectivity index (χ4v) is 5.35. The number of hydrogen-bond acceptors (Lipinski definition) is 7. The van der Waals surface area contributed by atoms with Gasteiger partial charge in [0.25, 0.3) is 0 Å². The lowest BCUT2D eigenvalue weighted by molar-refractivity contribution is -0.136. The molecule has 9 nitrogen and oxygen atoms in total. The van der Waals surface area contributed by atoms with Crippen LogP contribution >= 0.6 is 0 Å². The van der Waals surface area contributed by atoms with Gasteiger partial charge in [0.05, 0.1) is 30.9 Å². The first-order valence-electron chi connectivity index (χ1n) is 15.6. The van der Waals surface area contributed by atoms with Crippen LogP contribution in [0.4, 0.5) is 0 Å². The zero-order valence-electron chi connectivity index (χ0n) is 25.6. The van der Waals surface area contributed by atoms with Gasteiger partial charge >= 0.3 is 11.9 Å². The molecule has 9 heteroatoms. The molecule has 1 aliphatic rings. The molecule has 1 heterocycles. The minimum absolute atomic E-state index is 0.0174.